The molecule has 0 bridgehead atoms. The normalized spacial score (nSPS) is 19.3. The molecule has 2 aliphatic rings. The van der Waals surface area contributed by atoms with Crippen LogP contribution in [0, 0.1) is 11.8 Å². The molecule has 13 N–H and O–H groups in total. The third-order valence-corrected chi connectivity index (χ3v) is 10.7. The van der Waals surface area contributed by atoms with Crippen LogP contribution in [0.1, 0.15) is 99.3 Å². The van der Waals surface area contributed by atoms with E-state index in [4.69, 9.17) is 11.5 Å². The van der Waals surface area contributed by atoms with Crippen molar-refractivity contribution in [3.8, 4) is 0 Å². The van der Waals surface area contributed by atoms with Crippen LogP contribution in [0.25, 0.3) is 0 Å². The van der Waals surface area contributed by atoms with Gasteiger partial charge >= 0.3 is 11.9 Å². The van der Waals surface area contributed by atoms with Crippen LogP contribution in [0.15, 0.2) is 0 Å². The molecular formula is C40H66N10O14. The molecule has 0 spiro atoms. The van der Waals surface area contributed by atoms with Crippen LogP contribution in [0.2, 0.25) is 0 Å². The first kappa shape index (κ1) is 54.2. The van der Waals surface area contributed by atoms with Crippen molar-refractivity contribution in [2.75, 3.05) is 19.7 Å². The van der Waals surface area contributed by atoms with Crippen LogP contribution in [-0.2, 0) is 52.7 Å². The number of amides is 9. The predicted octanol–water partition coefficient (Wildman–Crippen LogP) is -3.85. The molecule has 360 valence electrons. The molecule has 0 aliphatic carbocycles. The fourth-order valence-corrected chi connectivity index (χ4v) is 7.32. The number of aliphatic hydroxyl groups is 1. The fraction of sp³-hybridized carbons (Fsp3) is 0.725. The molecule has 0 radical (unpaired) electrons. The Labute approximate surface area is 371 Å². The van der Waals surface area contributed by atoms with Crippen LogP contribution in [-0.4, -0.2) is 164 Å². The number of primary amides is 1. The molecule has 9 amide bonds. The number of likely N-dealkylation sites (tertiary alicyclic amines) is 2. The number of rotatable bonds is 25. The van der Waals surface area contributed by atoms with Gasteiger partial charge in [0.1, 0.15) is 54.4 Å². The first-order chi connectivity index (χ1) is 29.9. The summed E-state index contributed by atoms with van der Waals surface area (Å²) in [6.07, 6.45) is -0.200. The summed E-state index contributed by atoms with van der Waals surface area (Å²) in [6.45, 7) is 9.30. The molecule has 0 unspecified atom stereocenters. The highest BCUT2D eigenvalue weighted by Crippen LogP contribution is 2.26. The lowest BCUT2D eigenvalue weighted by Crippen LogP contribution is -2.60. The zero-order valence-electron chi connectivity index (χ0n) is 37.2. The van der Waals surface area contributed by atoms with Gasteiger partial charge in [0, 0.05) is 19.5 Å². The lowest BCUT2D eigenvalue weighted by molar-refractivity contribution is -0.149. The van der Waals surface area contributed by atoms with Gasteiger partial charge in [0.15, 0.2) is 0 Å². The smallest absolute Gasteiger partial charge is 0.326 e. The summed E-state index contributed by atoms with van der Waals surface area (Å²) in [7, 11) is 0. The van der Waals surface area contributed by atoms with Gasteiger partial charge in [0.2, 0.25) is 53.2 Å². The van der Waals surface area contributed by atoms with E-state index in [2.05, 4.69) is 31.9 Å². The van der Waals surface area contributed by atoms with E-state index in [0.29, 0.717) is 12.8 Å². The second-order valence-electron chi connectivity index (χ2n) is 17.1. The Morgan fingerprint density at radius 3 is 1.66 bits per heavy atom. The van der Waals surface area contributed by atoms with E-state index in [1.54, 1.807) is 27.7 Å². The monoisotopic (exact) mass is 910 g/mol. The molecule has 64 heavy (non-hydrogen) atoms. The second-order valence-corrected chi connectivity index (χ2v) is 17.1. The van der Waals surface area contributed by atoms with Crippen molar-refractivity contribution in [2.45, 2.75) is 154 Å². The molecule has 24 nitrogen and oxygen atoms in total. The van der Waals surface area contributed by atoms with Gasteiger partial charge in [0.25, 0.3) is 0 Å². The fourth-order valence-electron chi connectivity index (χ4n) is 7.32. The molecule has 2 aliphatic heterocycles. The highest BCUT2D eigenvalue weighted by atomic mass is 16.4. The van der Waals surface area contributed by atoms with Crippen molar-refractivity contribution in [2.24, 2.45) is 23.3 Å². The number of aliphatic hydroxyl groups excluding tert-OH is 1. The van der Waals surface area contributed by atoms with Gasteiger partial charge in [-0.15, -0.1) is 0 Å². The predicted molar refractivity (Wildman–Crippen MR) is 225 cm³/mol. The van der Waals surface area contributed by atoms with Crippen molar-refractivity contribution in [1.29, 1.82) is 0 Å². The van der Waals surface area contributed by atoms with Gasteiger partial charge in [-0.05, 0) is 70.6 Å². The second kappa shape index (κ2) is 25.4. The van der Waals surface area contributed by atoms with E-state index < -0.39 is 145 Å². The average Bonchev–Trinajstić information content (AvgIpc) is 3.91. The molecule has 0 aromatic heterocycles. The number of nitrogens with two attached hydrogens (primary N) is 2. The van der Waals surface area contributed by atoms with Gasteiger partial charge in [-0.25, -0.2) is 4.79 Å². The molecule has 2 rings (SSSR count). The standard InChI is InChI=1S/C40H66N10O14/c1-19(2)15-25(46-33(56)23(41)18-51)35(58)43-21(5)32(55)45-24(11-12-30(42)52)34(57)47-26(17-31(53)54)36(59)44-22(6)38(61)50-14-8-10-29(50)39(62)49-13-7-9-28(49)37(60)48-27(40(63)64)16-20(3)4/h19-29,51H,7-18,41H2,1-6H3,(H2,42,52)(H,43,58)(H,44,59)(H,45,55)(H,46,56)(H,47,57)(H,48,60)(H,53,54)(H,63,64)/t21-,22-,23-,24-,25-,26-,27-,28-,29-/m0/s1. The minimum atomic E-state index is -1.83. The average molecular weight is 911 g/mol. The number of carboxylic acid groups (broad SMARTS) is 2. The van der Waals surface area contributed by atoms with Gasteiger partial charge in [-0.3, -0.25) is 47.9 Å². The van der Waals surface area contributed by atoms with Crippen molar-refractivity contribution in [3.05, 3.63) is 0 Å². The van der Waals surface area contributed by atoms with E-state index in [1.165, 1.54) is 23.6 Å². The third-order valence-electron chi connectivity index (χ3n) is 10.7. The first-order valence-electron chi connectivity index (χ1n) is 21.4. The molecule has 0 saturated carbocycles. The molecule has 9 atom stereocenters. The maximum absolute atomic E-state index is 13.9. The Kier molecular flexibility index (Phi) is 21.5. The molecule has 0 aromatic carbocycles. The van der Waals surface area contributed by atoms with Crippen LogP contribution in [0.5, 0.6) is 0 Å². The maximum Gasteiger partial charge on any atom is 0.326 e. The van der Waals surface area contributed by atoms with Crippen LogP contribution >= 0.6 is 0 Å². The SMILES string of the molecule is CC(C)C[C@H](NC(=O)[C@@H]1CCCN1C(=O)[C@@H]1CCCN1C(=O)[C@H](C)NC(=O)[C@H](CC(=O)O)NC(=O)[C@H](CCC(N)=O)NC(=O)[C@H](C)NC(=O)[C@H](CC(C)C)NC(=O)[C@@H](N)CO)C(=O)O. The molecule has 0 aromatic rings. The third kappa shape index (κ3) is 16.7. The van der Waals surface area contributed by atoms with Crippen LogP contribution in [0.3, 0.4) is 0 Å². The summed E-state index contributed by atoms with van der Waals surface area (Å²) in [5, 5.41) is 42.8. The largest absolute Gasteiger partial charge is 0.481 e. The number of nitrogens with zero attached hydrogens (tertiary/aromatic N) is 2. The quantitative estimate of drug-likeness (QED) is 0.0418. The Morgan fingerprint density at radius 1 is 0.609 bits per heavy atom. The minimum Gasteiger partial charge on any atom is -0.481 e. The maximum atomic E-state index is 13.9. The van der Waals surface area contributed by atoms with Crippen LogP contribution < -0.4 is 43.4 Å². The van der Waals surface area contributed by atoms with Gasteiger partial charge in [-0.1, -0.05) is 27.7 Å². The number of carboxylic acids is 2. The van der Waals surface area contributed by atoms with Crippen molar-refractivity contribution >= 4 is 65.1 Å². The zero-order chi connectivity index (χ0) is 48.6. The first-order valence-corrected chi connectivity index (χ1v) is 21.4. The molecule has 2 saturated heterocycles. The van der Waals surface area contributed by atoms with Gasteiger partial charge in [0.05, 0.1) is 13.0 Å². The molecular weight excluding hydrogens is 844 g/mol. The summed E-state index contributed by atoms with van der Waals surface area (Å²) in [5.74, 6) is -10.5. The van der Waals surface area contributed by atoms with Gasteiger partial charge < -0.3 is 68.5 Å². The van der Waals surface area contributed by atoms with E-state index in [-0.39, 0.29) is 50.6 Å². The topological polar surface area (TPSA) is 379 Å². The summed E-state index contributed by atoms with van der Waals surface area (Å²) in [5.41, 5.74) is 10.8. The lowest BCUT2D eigenvalue weighted by atomic mass is 10.0. The number of carbonyl (C=O) groups is 11. The number of aliphatic carboxylic acids is 2. The van der Waals surface area contributed by atoms with Crippen molar-refractivity contribution in [3.63, 3.8) is 0 Å². The summed E-state index contributed by atoms with van der Waals surface area (Å²) >= 11 is 0. The van der Waals surface area contributed by atoms with Gasteiger partial charge in [-0.2, -0.15) is 0 Å². The van der Waals surface area contributed by atoms with E-state index in [9.17, 15) is 68.1 Å². The zero-order valence-corrected chi connectivity index (χ0v) is 37.2. The summed E-state index contributed by atoms with van der Waals surface area (Å²) in [4.78, 5) is 145. The number of hydrogen-bond donors (Lipinski definition) is 11. The van der Waals surface area contributed by atoms with E-state index in [0.717, 1.165) is 0 Å². The highest BCUT2D eigenvalue weighted by molar-refractivity contribution is 5.99. The summed E-state index contributed by atoms with van der Waals surface area (Å²) in [6, 6.07) is -11.8. The van der Waals surface area contributed by atoms with E-state index >= 15 is 0 Å². The summed E-state index contributed by atoms with van der Waals surface area (Å²) < 4.78 is 0. The lowest BCUT2D eigenvalue weighted by Gasteiger charge is -2.33. The van der Waals surface area contributed by atoms with E-state index in [1.807, 2.05) is 0 Å². The van der Waals surface area contributed by atoms with Crippen molar-refractivity contribution < 1.29 is 68.1 Å². The van der Waals surface area contributed by atoms with Crippen LogP contribution in [0.4, 0.5) is 0 Å². The molecule has 2 fully saturated rings. The Balaban J connectivity index is 2.18. The minimum absolute atomic E-state index is 0.0361. The molecule has 24 heteroatoms. The Morgan fingerprint density at radius 2 is 1.11 bits per heavy atom. The number of nitrogens with one attached hydrogen (secondary N) is 6. The Hall–Kier alpha value is -5.91. The Bertz CT molecular complexity index is 1740. The van der Waals surface area contributed by atoms with Crippen molar-refractivity contribution in [1.82, 2.24) is 41.7 Å². The number of hydrogen-bond acceptors (Lipinski definition) is 13. The molecule has 2 heterocycles. The number of carbonyl (C=O) groups excluding carboxylic acids is 9. The highest BCUT2D eigenvalue weighted by Gasteiger charge is 2.44.